The number of anilines is 1. The molecule has 1 heterocycles. The van der Waals surface area contributed by atoms with Crippen molar-refractivity contribution in [1.82, 2.24) is 4.98 Å². The minimum Gasteiger partial charge on any atom is -0.474 e. The van der Waals surface area contributed by atoms with E-state index in [1.165, 1.54) is 25.3 Å². The Balaban J connectivity index is 2.06. The van der Waals surface area contributed by atoms with Gasteiger partial charge >= 0.3 is 5.82 Å². The lowest BCUT2D eigenvalue weighted by atomic mass is 10.1. The molecule has 0 spiro atoms. The molecule has 2 rings (SSSR count). The second kappa shape index (κ2) is 8.70. The summed E-state index contributed by atoms with van der Waals surface area (Å²) in [6.07, 6.45) is 1.52. The average molecular weight is 357 g/mol. The van der Waals surface area contributed by atoms with E-state index in [1.807, 2.05) is 6.92 Å². The van der Waals surface area contributed by atoms with Gasteiger partial charge in [-0.15, -0.1) is 0 Å². The molecule has 0 radical (unpaired) electrons. The first kappa shape index (κ1) is 19.0. The molecule has 0 aliphatic carbocycles. The lowest BCUT2D eigenvalue weighted by Gasteiger charge is -2.13. The van der Waals surface area contributed by atoms with E-state index in [2.05, 4.69) is 10.3 Å². The van der Waals surface area contributed by atoms with Crippen LogP contribution < -0.4 is 10.1 Å². The Morgan fingerprint density at radius 3 is 2.58 bits per heavy atom. The SMILES string of the molecule is CCCC(=O)Nc1ccc(C(=O)C(C)Oc2cccnc2[N+](=O)[O-])cc1. The molecule has 1 amide bonds. The van der Waals surface area contributed by atoms with Gasteiger partial charge in [-0.05, 0) is 59.7 Å². The average Bonchev–Trinajstić information content (AvgIpc) is 2.62. The molecule has 0 aliphatic heterocycles. The molecule has 1 N–H and O–H groups in total. The zero-order valence-electron chi connectivity index (χ0n) is 14.5. The summed E-state index contributed by atoms with van der Waals surface area (Å²) in [6, 6.07) is 9.28. The maximum Gasteiger partial charge on any atom is 0.406 e. The minimum absolute atomic E-state index is 0.0678. The standard InChI is InChI=1S/C18H19N3O5/c1-3-5-16(22)20-14-9-7-13(8-10-14)17(23)12(2)26-15-6-4-11-19-18(15)21(24)25/h4,6-12H,3,5H2,1-2H3,(H,20,22). The first-order valence-electron chi connectivity index (χ1n) is 8.12. The summed E-state index contributed by atoms with van der Waals surface area (Å²) in [5.74, 6) is -0.940. The molecule has 0 aliphatic rings. The highest BCUT2D eigenvalue weighted by Crippen LogP contribution is 2.25. The van der Waals surface area contributed by atoms with Gasteiger partial charge in [0.1, 0.15) is 6.20 Å². The number of pyridine rings is 1. The summed E-state index contributed by atoms with van der Waals surface area (Å²) in [4.78, 5) is 38.0. The highest BCUT2D eigenvalue weighted by molar-refractivity contribution is 6.00. The lowest BCUT2D eigenvalue weighted by Crippen LogP contribution is -2.24. The third kappa shape index (κ3) is 4.85. The van der Waals surface area contributed by atoms with Crippen molar-refractivity contribution >= 4 is 23.2 Å². The van der Waals surface area contributed by atoms with E-state index in [4.69, 9.17) is 4.74 Å². The molecule has 0 saturated carbocycles. The zero-order chi connectivity index (χ0) is 19.1. The fourth-order valence-corrected chi connectivity index (χ4v) is 2.26. The maximum atomic E-state index is 12.5. The van der Waals surface area contributed by atoms with Gasteiger partial charge in [0.15, 0.2) is 6.10 Å². The van der Waals surface area contributed by atoms with Gasteiger partial charge in [0.05, 0.1) is 0 Å². The quantitative estimate of drug-likeness (QED) is 0.440. The van der Waals surface area contributed by atoms with Crippen LogP contribution in [0, 0.1) is 10.1 Å². The lowest BCUT2D eigenvalue weighted by molar-refractivity contribution is -0.390. The maximum absolute atomic E-state index is 12.5. The van der Waals surface area contributed by atoms with Crippen molar-refractivity contribution < 1.29 is 19.2 Å². The first-order valence-corrected chi connectivity index (χ1v) is 8.12. The van der Waals surface area contributed by atoms with Crippen molar-refractivity contribution in [1.29, 1.82) is 0 Å². The second-order valence-electron chi connectivity index (χ2n) is 5.58. The third-order valence-corrected chi connectivity index (χ3v) is 3.53. The molecule has 136 valence electrons. The Hall–Kier alpha value is -3.29. The molecule has 2 aromatic rings. The molecular formula is C18H19N3O5. The Bertz CT molecular complexity index is 805. The number of carbonyl (C=O) groups is 2. The van der Waals surface area contributed by atoms with E-state index in [-0.39, 0.29) is 17.4 Å². The van der Waals surface area contributed by atoms with Gasteiger partial charge in [0.25, 0.3) is 0 Å². The summed E-state index contributed by atoms with van der Waals surface area (Å²) in [6.45, 7) is 3.42. The summed E-state index contributed by atoms with van der Waals surface area (Å²) < 4.78 is 5.43. The fraction of sp³-hybridized carbons (Fsp3) is 0.278. The number of nitrogens with one attached hydrogen (secondary N) is 1. The van der Waals surface area contributed by atoms with E-state index < -0.39 is 16.8 Å². The van der Waals surface area contributed by atoms with E-state index >= 15 is 0 Å². The van der Waals surface area contributed by atoms with Crippen molar-refractivity contribution in [2.24, 2.45) is 0 Å². The molecular weight excluding hydrogens is 338 g/mol. The summed E-state index contributed by atoms with van der Waals surface area (Å²) in [7, 11) is 0. The number of aromatic nitrogens is 1. The van der Waals surface area contributed by atoms with Gasteiger partial charge < -0.3 is 20.2 Å². The number of hydrogen-bond acceptors (Lipinski definition) is 6. The normalized spacial score (nSPS) is 11.5. The number of ketones is 1. The fourth-order valence-electron chi connectivity index (χ4n) is 2.26. The van der Waals surface area contributed by atoms with Gasteiger partial charge in [-0.25, -0.2) is 0 Å². The molecule has 0 fully saturated rings. The van der Waals surface area contributed by atoms with Crippen LogP contribution in [-0.4, -0.2) is 27.7 Å². The Morgan fingerprint density at radius 2 is 1.96 bits per heavy atom. The number of carbonyl (C=O) groups excluding carboxylic acids is 2. The number of benzene rings is 1. The van der Waals surface area contributed by atoms with E-state index in [9.17, 15) is 19.7 Å². The highest BCUT2D eigenvalue weighted by atomic mass is 16.6. The predicted octanol–water partition coefficient (Wildman–Crippen LogP) is 3.38. The topological polar surface area (TPSA) is 111 Å². The number of hydrogen-bond donors (Lipinski definition) is 1. The molecule has 1 atom stereocenters. The molecule has 1 unspecified atom stereocenters. The van der Waals surface area contributed by atoms with Crippen molar-refractivity contribution in [2.45, 2.75) is 32.8 Å². The van der Waals surface area contributed by atoms with Crippen LogP contribution >= 0.6 is 0 Å². The summed E-state index contributed by atoms with van der Waals surface area (Å²) in [5, 5.41) is 13.7. The molecule has 8 nitrogen and oxygen atoms in total. The van der Waals surface area contributed by atoms with Crippen LogP contribution in [0.1, 0.15) is 37.0 Å². The molecule has 26 heavy (non-hydrogen) atoms. The number of nitro groups is 1. The first-order chi connectivity index (χ1) is 12.4. The van der Waals surface area contributed by atoms with E-state index in [0.717, 1.165) is 6.42 Å². The van der Waals surface area contributed by atoms with Gasteiger partial charge in [-0.1, -0.05) is 6.92 Å². The summed E-state index contributed by atoms with van der Waals surface area (Å²) in [5.41, 5.74) is 0.967. The third-order valence-electron chi connectivity index (χ3n) is 3.53. The molecule has 1 aromatic carbocycles. The molecule has 8 heteroatoms. The molecule has 1 aromatic heterocycles. The van der Waals surface area contributed by atoms with Crippen LogP contribution in [0.25, 0.3) is 0 Å². The van der Waals surface area contributed by atoms with Crippen LogP contribution in [0.2, 0.25) is 0 Å². The number of ether oxygens (including phenoxy) is 1. The van der Waals surface area contributed by atoms with E-state index in [0.29, 0.717) is 17.7 Å². The van der Waals surface area contributed by atoms with Crippen LogP contribution in [0.3, 0.4) is 0 Å². The Kier molecular flexibility index (Phi) is 6.37. The Morgan fingerprint density at radius 1 is 1.27 bits per heavy atom. The van der Waals surface area contributed by atoms with Crippen LogP contribution in [0.5, 0.6) is 5.75 Å². The van der Waals surface area contributed by atoms with Crippen LogP contribution in [0.4, 0.5) is 11.5 Å². The zero-order valence-corrected chi connectivity index (χ0v) is 14.5. The van der Waals surface area contributed by atoms with Gasteiger partial charge in [0, 0.05) is 17.7 Å². The number of nitrogens with zero attached hydrogens (tertiary/aromatic N) is 2. The smallest absolute Gasteiger partial charge is 0.406 e. The number of amides is 1. The van der Waals surface area contributed by atoms with Crippen molar-refractivity contribution in [3.8, 4) is 5.75 Å². The molecule has 0 saturated heterocycles. The number of Topliss-reactive ketones (excluding diaryl/α,β-unsaturated/α-hetero) is 1. The van der Waals surface area contributed by atoms with E-state index in [1.54, 1.807) is 24.3 Å². The van der Waals surface area contributed by atoms with Crippen molar-refractivity contribution in [3.05, 3.63) is 58.3 Å². The van der Waals surface area contributed by atoms with Crippen molar-refractivity contribution in [3.63, 3.8) is 0 Å². The summed E-state index contributed by atoms with van der Waals surface area (Å²) >= 11 is 0. The van der Waals surface area contributed by atoms with Crippen molar-refractivity contribution in [2.75, 3.05) is 5.32 Å². The monoisotopic (exact) mass is 357 g/mol. The predicted molar refractivity (Wildman–Crippen MR) is 95.3 cm³/mol. The van der Waals surface area contributed by atoms with Crippen LogP contribution in [-0.2, 0) is 4.79 Å². The van der Waals surface area contributed by atoms with Gasteiger partial charge in [-0.3, -0.25) is 9.59 Å². The second-order valence-corrected chi connectivity index (χ2v) is 5.58. The largest absolute Gasteiger partial charge is 0.474 e. The van der Waals surface area contributed by atoms with Crippen LogP contribution in [0.15, 0.2) is 42.6 Å². The highest BCUT2D eigenvalue weighted by Gasteiger charge is 2.22. The minimum atomic E-state index is -0.932. The Labute approximate surface area is 150 Å². The van der Waals surface area contributed by atoms with Gasteiger partial charge in [0.2, 0.25) is 17.4 Å². The number of rotatable bonds is 8. The van der Waals surface area contributed by atoms with Gasteiger partial charge in [-0.2, -0.15) is 0 Å². The molecule has 0 bridgehead atoms.